The van der Waals surface area contributed by atoms with Crippen LogP contribution in [0, 0.1) is 10.1 Å². The minimum absolute atomic E-state index is 0.0405. The molecule has 8 heteroatoms. The van der Waals surface area contributed by atoms with Gasteiger partial charge in [0, 0.05) is 22.3 Å². The summed E-state index contributed by atoms with van der Waals surface area (Å²) < 4.78 is 5.98. The number of rotatable bonds is 5. The highest BCUT2D eigenvalue weighted by molar-refractivity contribution is 9.10. The highest BCUT2D eigenvalue weighted by Gasteiger charge is 2.07. The van der Waals surface area contributed by atoms with E-state index in [1.165, 1.54) is 24.3 Å². The number of nitrogens with zero attached hydrogens (tertiary/aromatic N) is 1. The molecule has 0 unspecified atom stereocenters. The Kier molecular flexibility index (Phi) is 5.35. The van der Waals surface area contributed by atoms with Gasteiger partial charge in [0.05, 0.1) is 9.95 Å². The number of ether oxygens (including phenoxy) is 1. The minimum atomic E-state index is -0.506. The Hall–Kier alpha value is -2.12. The Morgan fingerprint density at radius 2 is 1.95 bits per heavy atom. The molecule has 0 heterocycles. The molecule has 0 radical (unpaired) electrons. The van der Waals surface area contributed by atoms with Crippen LogP contribution in [0.5, 0.6) is 5.75 Å². The number of carbonyl (C=O) groups excluding carboxylic acids is 1. The van der Waals surface area contributed by atoms with Crippen LogP contribution < -0.4 is 10.1 Å². The van der Waals surface area contributed by atoms with Crippen molar-refractivity contribution in [2.75, 3.05) is 11.9 Å². The van der Waals surface area contributed by atoms with E-state index >= 15 is 0 Å². The monoisotopic (exact) mass is 384 g/mol. The maximum atomic E-state index is 11.8. The van der Waals surface area contributed by atoms with Crippen LogP contribution in [0.25, 0.3) is 0 Å². The largest absolute Gasteiger partial charge is 0.484 e. The van der Waals surface area contributed by atoms with Gasteiger partial charge in [0.25, 0.3) is 11.6 Å². The zero-order valence-corrected chi connectivity index (χ0v) is 13.4. The van der Waals surface area contributed by atoms with E-state index in [-0.39, 0.29) is 18.2 Å². The summed E-state index contributed by atoms with van der Waals surface area (Å²) in [5, 5.41) is 13.6. The maximum Gasteiger partial charge on any atom is 0.269 e. The Labute approximate surface area is 139 Å². The number of hydrogen-bond acceptors (Lipinski definition) is 4. The summed E-state index contributed by atoms with van der Waals surface area (Å²) in [6.45, 7) is -0.217. The molecule has 0 atom stereocenters. The molecular weight excluding hydrogens is 376 g/mol. The fourth-order valence-electron chi connectivity index (χ4n) is 1.58. The van der Waals surface area contributed by atoms with Crippen molar-refractivity contribution in [3.8, 4) is 5.75 Å². The number of anilines is 1. The average Bonchev–Trinajstić information content (AvgIpc) is 2.49. The molecule has 6 nitrogen and oxygen atoms in total. The van der Waals surface area contributed by atoms with Gasteiger partial charge in [-0.2, -0.15) is 0 Å². The van der Waals surface area contributed by atoms with E-state index < -0.39 is 4.92 Å². The van der Waals surface area contributed by atoms with Crippen LogP contribution >= 0.6 is 27.5 Å². The van der Waals surface area contributed by atoms with Crippen molar-refractivity contribution < 1.29 is 14.5 Å². The molecule has 0 aliphatic carbocycles. The zero-order valence-electron chi connectivity index (χ0n) is 11.1. The Balaban J connectivity index is 1.89. The van der Waals surface area contributed by atoms with Crippen molar-refractivity contribution >= 4 is 44.8 Å². The van der Waals surface area contributed by atoms with Gasteiger partial charge in [-0.15, -0.1) is 0 Å². The van der Waals surface area contributed by atoms with E-state index in [9.17, 15) is 14.9 Å². The molecule has 2 aromatic carbocycles. The molecule has 0 aliphatic rings. The first-order chi connectivity index (χ1) is 10.5. The lowest BCUT2D eigenvalue weighted by atomic mass is 10.3. The molecule has 1 N–H and O–H groups in total. The van der Waals surface area contributed by atoms with Gasteiger partial charge in [0.15, 0.2) is 6.61 Å². The summed E-state index contributed by atoms with van der Waals surface area (Å²) >= 11 is 9.18. The number of nitro benzene ring substituents is 1. The first-order valence-corrected chi connectivity index (χ1v) is 7.25. The first-order valence-electron chi connectivity index (χ1n) is 6.08. The highest BCUT2D eigenvalue weighted by Crippen LogP contribution is 2.25. The summed E-state index contributed by atoms with van der Waals surface area (Å²) in [5.41, 5.74) is 0.506. The van der Waals surface area contributed by atoms with E-state index in [1.54, 1.807) is 18.2 Å². The maximum absolute atomic E-state index is 11.8. The Morgan fingerprint density at radius 1 is 1.27 bits per heavy atom. The number of hydrogen-bond donors (Lipinski definition) is 1. The normalized spacial score (nSPS) is 10.1. The molecule has 0 saturated carbocycles. The molecule has 1 amide bonds. The van der Waals surface area contributed by atoms with Gasteiger partial charge in [-0.1, -0.05) is 11.6 Å². The van der Waals surface area contributed by atoms with Crippen LogP contribution in [-0.2, 0) is 4.79 Å². The van der Waals surface area contributed by atoms with Gasteiger partial charge in [-0.25, -0.2) is 0 Å². The van der Waals surface area contributed by atoms with Crippen molar-refractivity contribution in [2.24, 2.45) is 0 Å². The topological polar surface area (TPSA) is 81.5 Å². The summed E-state index contributed by atoms with van der Waals surface area (Å²) in [4.78, 5) is 21.8. The number of benzene rings is 2. The average molecular weight is 386 g/mol. The van der Waals surface area contributed by atoms with E-state index in [0.717, 1.165) is 4.47 Å². The number of nitrogens with one attached hydrogen (secondary N) is 1. The molecular formula is C14H10BrClN2O4. The van der Waals surface area contributed by atoms with Crippen LogP contribution in [0.15, 0.2) is 46.9 Å². The molecule has 0 spiro atoms. The zero-order chi connectivity index (χ0) is 16.1. The highest BCUT2D eigenvalue weighted by atomic mass is 79.9. The van der Waals surface area contributed by atoms with Gasteiger partial charge < -0.3 is 10.1 Å². The van der Waals surface area contributed by atoms with E-state index in [2.05, 4.69) is 21.2 Å². The second-order valence-corrected chi connectivity index (χ2v) is 5.48. The third-order valence-corrected chi connectivity index (χ3v) is 3.85. The van der Waals surface area contributed by atoms with Gasteiger partial charge in [-0.05, 0) is 46.3 Å². The predicted octanol–water partition coefficient (Wildman–Crippen LogP) is 4.03. The first kappa shape index (κ1) is 16.3. The molecule has 0 fully saturated rings. The molecule has 0 saturated heterocycles. The third kappa shape index (κ3) is 4.44. The van der Waals surface area contributed by atoms with Crippen molar-refractivity contribution in [3.63, 3.8) is 0 Å². The molecule has 22 heavy (non-hydrogen) atoms. The van der Waals surface area contributed by atoms with Crippen LogP contribution in [0.1, 0.15) is 0 Å². The molecule has 2 aromatic rings. The van der Waals surface area contributed by atoms with E-state index in [0.29, 0.717) is 16.5 Å². The summed E-state index contributed by atoms with van der Waals surface area (Å²) in [7, 11) is 0. The molecule has 0 aromatic heterocycles. The fraction of sp³-hybridized carbons (Fsp3) is 0.0714. The number of non-ortho nitro benzene ring substituents is 1. The lowest BCUT2D eigenvalue weighted by molar-refractivity contribution is -0.384. The van der Waals surface area contributed by atoms with Crippen molar-refractivity contribution in [1.82, 2.24) is 0 Å². The minimum Gasteiger partial charge on any atom is -0.484 e. The summed E-state index contributed by atoms with van der Waals surface area (Å²) in [5.74, 6) is 0.00586. The smallest absolute Gasteiger partial charge is 0.269 e. The standard InChI is InChI=1S/C14H10BrClN2O4/c15-12-6-1-9(7-13(12)16)17-14(19)8-22-11-4-2-10(3-5-11)18(20)21/h1-7H,8H2,(H,17,19). The third-order valence-electron chi connectivity index (χ3n) is 2.62. The molecule has 114 valence electrons. The van der Waals surface area contributed by atoms with Gasteiger partial charge in [0.2, 0.25) is 0 Å². The number of halogens is 2. The number of nitro groups is 1. The molecule has 2 rings (SSSR count). The fourth-order valence-corrected chi connectivity index (χ4v) is 2.01. The molecule has 0 aliphatic heterocycles. The summed E-state index contributed by atoms with van der Waals surface area (Å²) in [6.07, 6.45) is 0. The second-order valence-electron chi connectivity index (χ2n) is 4.22. The van der Waals surface area contributed by atoms with Crippen molar-refractivity contribution in [1.29, 1.82) is 0 Å². The number of amides is 1. The lowest BCUT2D eigenvalue weighted by Crippen LogP contribution is -2.20. The SMILES string of the molecule is O=C(COc1ccc([N+](=O)[O-])cc1)Nc1ccc(Br)c(Cl)c1. The Bertz CT molecular complexity index is 706. The second kappa shape index (κ2) is 7.24. The van der Waals surface area contributed by atoms with Gasteiger partial charge >= 0.3 is 0 Å². The van der Waals surface area contributed by atoms with Crippen LogP contribution in [0.2, 0.25) is 5.02 Å². The van der Waals surface area contributed by atoms with Gasteiger partial charge in [-0.3, -0.25) is 14.9 Å². The van der Waals surface area contributed by atoms with Crippen LogP contribution in [0.3, 0.4) is 0 Å². The van der Waals surface area contributed by atoms with Crippen molar-refractivity contribution in [2.45, 2.75) is 0 Å². The quantitative estimate of drug-likeness (QED) is 0.622. The van der Waals surface area contributed by atoms with E-state index in [4.69, 9.17) is 16.3 Å². The predicted molar refractivity (Wildman–Crippen MR) is 86.4 cm³/mol. The summed E-state index contributed by atoms with van der Waals surface area (Å²) in [6, 6.07) is 10.5. The van der Waals surface area contributed by atoms with Crippen LogP contribution in [0.4, 0.5) is 11.4 Å². The lowest BCUT2D eigenvalue weighted by Gasteiger charge is -2.08. The molecule has 0 bridgehead atoms. The number of carbonyl (C=O) groups is 1. The van der Waals surface area contributed by atoms with Crippen molar-refractivity contribution in [3.05, 3.63) is 62.1 Å². The van der Waals surface area contributed by atoms with Gasteiger partial charge in [0.1, 0.15) is 5.75 Å². The van der Waals surface area contributed by atoms with E-state index in [1.807, 2.05) is 0 Å². The van der Waals surface area contributed by atoms with Crippen LogP contribution in [-0.4, -0.2) is 17.4 Å². The Morgan fingerprint density at radius 3 is 2.55 bits per heavy atom.